The zero-order valence-corrected chi connectivity index (χ0v) is 7.61. The minimum Gasteiger partial charge on any atom is -0.481 e. The molecule has 1 aromatic heterocycles. The predicted octanol–water partition coefficient (Wildman–Crippen LogP) is -0.375. The molecule has 1 unspecified atom stereocenters. The third-order valence-corrected chi connectivity index (χ3v) is 2.30. The average molecular weight is 216 g/mol. The number of nitrogens with zero attached hydrogens (tertiary/aromatic N) is 2. The van der Waals surface area contributed by atoms with E-state index in [0.29, 0.717) is 0 Å². The van der Waals surface area contributed by atoms with Gasteiger partial charge in [0.25, 0.3) is 0 Å². The van der Waals surface area contributed by atoms with E-state index in [1.165, 1.54) is 0 Å². The molecule has 75 valence electrons. The topological polar surface area (TPSA) is 116 Å². The highest BCUT2D eigenvalue weighted by Gasteiger charge is 2.23. The second-order valence-corrected chi connectivity index (χ2v) is 3.47. The van der Waals surface area contributed by atoms with Crippen LogP contribution in [0.5, 0.6) is 0 Å². The molecule has 1 atom stereocenters. The molecule has 0 bridgehead atoms. The standard InChI is InChI=1S/C6H6N3O4S/c10-4(11)1-3(5(12)13)14-6-7-2-8-9-6/h3H,1H2,(H,10,11)(H,12,13)(H,7,8,9). The first-order valence-electron chi connectivity index (χ1n) is 3.49. The maximum Gasteiger partial charge on any atom is 0.317 e. The minimum atomic E-state index is -1.20. The second-order valence-electron chi connectivity index (χ2n) is 2.28. The van der Waals surface area contributed by atoms with Crippen LogP contribution in [0, 0.1) is 6.33 Å². The maximum absolute atomic E-state index is 10.6. The summed E-state index contributed by atoms with van der Waals surface area (Å²) in [5.74, 6) is -2.37. The highest BCUT2D eigenvalue weighted by molar-refractivity contribution is 8.00. The largest absolute Gasteiger partial charge is 0.481 e. The van der Waals surface area contributed by atoms with Gasteiger partial charge in [-0.2, -0.15) is 4.98 Å². The fourth-order valence-electron chi connectivity index (χ4n) is 0.694. The number of carbonyl (C=O) groups is 2. The van der Waals surface area contributed by atoms with Crippen molar-refractivity contribution in [3.05, 3.63) is 6.33 Å². The molecule has 14 heavy (non-hydrogen) atoms. The van der Waals surface area contributed by atoms with Crippen molar-refractivity contribution in [3.8, 4) is 0 Å². The van der Waals surface area contributed by atoms with Gasteiger partial charge in [-0.15, -0.1) is 5.10 Å². The van der Waals surface area contributed by atoms with Crippen LogP contribution in [-0.4, -0.2) is 42.6 Å². The van der Waals surface area contributed by atoms with Crippen molar-refractivity contribution in [3.63, 3.8) is 0 Å². The maximum atomic E-state index is 10.6. The fraction of sp³-hybridized carbons (Fsp3) is 0.333. The molecule has 7 nitrogen and oxygen atoms in total. The van der Waals surface area contributed by atoms with E-state index < -0.39 is 23.6 Å². The number of carboxylic acids is 2. The first-order valence-corrected chi connectivity index (χ1v) is 4.37. The number of aliphatic carboxylic acids is 2. The summed E-state index contributed by atoms with van der Waals surface area (Å²) in [4.78, 5) is 24.5. The van der Waals surface area contributed by atoms with Gasteiger partial charge in [-0.25, -0.2) is 0 Å². The van der Waals surface area contributed by atoms with Gasteiger partial charge >= 0.3 is 11.9 Å². The molecule has 0 aliphatic rings. The molecule has 0 spiro atoms. The van der Waals surface area contributed by atoms with Gasteiger partial charge in [0, 0.05) is 0 Å². The van der Waals surface area contributed by atoms with E-state index in [4.69, 9.17) is 10.2 Å². The third kappa shape index (κ3) is 3.05. The van der Waals surface area contributed by atoms with Gasteiger partial charge in [0.2, 0.25) is 6.33 Å². The van der Waals surface area contributed by atoms with E-state index in [2.05, 4.69) is 21.5 Å². The number of H-pyrrole nitrogens is 1. The van der Waals surface area contributed by atoms with Crippen molar-refractivity contribution in [2.75, 3.05) is 0 Å². The van der Waals surface area contributed by atoms with Crippen molar-refractivity contribution in [1.29, 1.82) is 0 Å². The summed E-state index contributed by atoms with van der Waals surface area (Å²) in [6, 6.07) is 0. The van der Waals surface area contributed by atoms with Crippen molar-refractivity contribution in [2.24, 2.45) is 0 Å². The molecule has 0 aliphatic heterocycles. The smallest absolute Gasteiger partial charge is 0.317 e. The lowest BCUT2D eigenvalue weighted by molar-refractivity contribution is -0.142. The molecule has 3 N–H and O–H groups in total. The molecule has 0 amide bonds. The molecule has 0 fully saturated rings. The van der Waals surface area contributed by atoms with Crippen LogP contribution in [0.1, 0.15) is 6.42 Å². The Labute approximate surface area is 82.5 Å². The van der Waals surface area contributed by atoms with Crippen molar-refractivity contribution >= 4 is 23.7 Å². The molecule has 1 heterocycles. The second kappa shape index (κ2) is 4.61. The van der Waals surface area contributed by atoms with E-state index >= 15 is 0 Å². The Hall–Kier alpha value is -1.57. The predicted molar refractivity (Wildman–Crippen MR) is 44.8 cm³/mol. The summed E-state index contributed by atoms with van der Waals surface area (Å²) in [7, 11) is 0. The van der Waals surface area contributed by atoms with Crippen LogP contribution in [0.15, 0.2) is 5.16 Å². The summed E-state index contributed by atoms with van der Waals surface area (Å²) >= 11 is 0.791. The SMILES string of the molecule is O=C(O)CC(Sc1n[c]n[nH]1)C(=O)O. The van der Waals surface area contributed by atoms with E-state index in [1.54, 1.807) is 0 Å². The quantitative estimate of drug-likeness (QED) is 0.574. The lowest BCUT2D eigenvalue weighted by Crippen LogP contribution is -2.20. The van der Waals surface area contributed by atoms with Crippen molar-refractivity contribution < 1.29 is 19.8 Å². The number of thioether (sulfide) groups is 1. The number of rotatable bonds is 5. The van der Waals surface area contributed by atoms with E-state index in [1.807, 2.05) is 0 Å². The molecule has 1 radical (unpaired) electrons. The van der Waals surface area contributed by atoms with Gasteiger partial charge in [0.15, 0.2) is 5.16 Å². The van der Waals surface area contributed by atoms with Gasteiger partial charge in [-0.05, 0) is 0 Å². The van der Waals surface area contributed by atoms with Gasteiger partial charge in [-0.3, -0.25) is 14.7 Å². The number of nitrogens with one attached hydrogen (secondary N) is 1. The summed E-state index contributed by atoms with van der Waals surface area (Å²) < 4.78 is 0. The van der Waals surface area contributed by atoms with Gasteiger partial charge in [0.1, 0.15) is 5.25 Å². The lowest BCUT2D eigenvalue weighted by Gasteiger charge is -2.05. The van der Waals surface area contributed by atoms with Gasteiger partial charge in [-0.1, -0.05) is 11.8 Å². The number of hydrogen-bond acceptors (Lipinski definition) is 5. The number of carboxylic acid groups (broad SMARTS) is 2. The van der Waals surface area contributed by atoms with Crippen LogP contribution in [0.2, 0.25) is 0 Å². The zero-order chi connectivity index (χ0) is 10.6. The van der Waals surface area contributed by atoms with Crippen LogP contribution in [0.4, 0.5) is 0 Å². The molecule has 0 aromatic carbocycles. The Morgan fingerprint density at radius 3 is 2.71 bits per heavy atom. The Bertz CT molecular complexity index is 326. The summed E-state index contributed by atoms with van der Waals surface area (Å²) in [6.45, 7) is 0. The van der Waals surface area contributed by atoms with Gasteiger partial charge in [0.05, 0.1) is 6.42 Å². The lowest BCUT2D eigenvalue weighted by atomic mass is 10.3. The van der Waals surface area contributed by atoms with Crippen LogP contribution >= 0.6 is 11.8 Å². The van der Waals surface area contributed by atoms with Crippen LogP contribution in [0.25, 0.3) is 0 Å². The zero-order valence-electron chi connectivity index (χ0n) is 6.80. The van der Waals surface area contributed by atoms with Gasteiger partial charge < -0.3 is 10.2 Å². The highest BCUT2D eigenvalue weighted by Crippen LogP contribution is 2.21. The molecular weight excluding hydrogens is 210 g/mol. The molecule has 1 aromatic rings. The number of hydrogen-bond donors (Lipinski definition) is 3. The summed E-state index contributed by atoms with van der Waals surface area (Å²) in [6.07, 6.45) is 1.74. The fourth-order valence-corrected chi connectivity index (χ4v) is 1.48. The summed E-state index contributed by atoms with van der Waals surface area (Å²) in [5.41, 5.74) is 0. The number of aromatic amines is 1. The Kier molecular flexibility index (Phi) is 3.46. The van der Waals surface area contributed by atoms with Crippen LogP contribution in [0.3, 0.4) is 0 Å². The van der Waals surface area contributed by atoms with E-state index in [0.717, 1.165) is 11.8 Å². The molecule has 0 saturated carbocycles. The monoisotopic (exact) mass is 216 g/mol. The van der Waals surface area contributed by atoms with E-state index in [-0.39, 0.29) is 5.16 Å². The van der Waals surface area contributed by atoms with Crippen LogP contribution in [-0.2, 0) is 9.59 Å². The average Bonchev–Trinajstić information content (AvgIpc) is 2.54. The summed E-state index contributed by atoms with van der Waals surface area (Å²) in [5, 5.41) is 22.0. The molecular formula is C6H6N3O4S. The van der Waals surface area contributed by atoms with E-state index in [9.17, 15) is 9.59 Å². The minimum absolute atomic E-state index is 0.235. The van der Waals surface area contributed by atoms with Crippen LogP contribution < -0.4 is 0 Å². The molecule has 1 rings (SSSR count). The third-order valence-electron chi connectivity index (χ3n) is 1.24. The molecule has 8 heteroatoms. The molecule has 0 saturated heterocycles. The Morgan fingerprint density at radius 1 is 1.57 bits per heavy atom. The molecule has 0 aliphatic carbocycles. The Balaban J connectivity index is 2.60. The highest BCUT2D eigenvalue weighted by atomic mass is 32.2. The first kappa shape index (κ1) is 10.5. The normalized spacial score (nSPS) is 12.3. The number of aromatic nitrogens is 3. The van der Waals surface area contributed by atoms with Crippen molar-refractivity contribution in [1.82, 2.24) is 15.2 Å². The van der Waals surface area contributed by atoms with Crippen molar-refractivity contribution in [2.45, 2.75) is 16.8 Å². The first-order chi connectivity index (χ1) is 6.59. The Morgan fingerprint density at radius 2 is 2.29 bits per heavy atom.